The summed E-state index contributed by atoms with van der Waals surface area (Å²) in [5.41, 5.74) is 3.42. The summed E-state index contributed by atoms with van der Waals surface area (Å²) in [6, 6.07) is 27.0. The van der Waals surface area contributed by atoms with Crippen LogP contribution in [0.4, 0.5) is 5.69 Å². The Balaban J connectivity index is 1.36. The van der Waals surface area contributed by atoms with E-state index in [1.165, 1.54) is 30.4 Å². The average Bonchev–Trinajstić information content (AvgIpc) is 3.45. The first kappa shape index (κ1) is 34.5. The monoisotopic (exact) mass is 653 g/mol. The number of dihydropyridines is 1. The average molecular weight is 654 g/mol. The summed E-state index contributed by atoms with van der Waals surface area (Å²) in [5.74, 6) is -1.93. The van der Waals surface area contributed by atoms with Crippen LogP contribution in [0.1, 0.15) is 62.1 Å². The number of nitro groups is 1. The molecule has 2 atom stereocenters. The van der Waals surface area contributed by atoms with Gasteiger partial charge in [-0.25, -0.2) is 9.59 Å². The van der Waals surface area contributed by atoms with Gasteiger partial charge in [-0.15, -0.1) is 0 Å². The first-order valence-electron chi connectivity index (χ1n) is 16.2. The molecular formula is C38H43N3O7. The van der Waals surface area contributed by atoms with Gasteiger partial charge < -0.3 is 19.5 Å². The Labute approximate surface area is 281 Å². The van der Waals surface area contributed by atoms with Crippen LogP contribution in [0.25, 0.3) is 0 Å². The molecule has 5 rings (SSSR count). The highest BCUT2D eigenvalue weighted by molar-refractivity contribution is 6.00. The Morgan fingerprint density at radius 2 is 1.56 bits per heavy atom. The van der Waals surface area contributed by atoms with E-state index in [1.807, 2.05) is 19.1 Å². The van der Waals surface area contributed by atoms with E-state index < -0.39 is 28.4 Å². The summed E-state index contributed by atoms with van der Waals surface area (Å²) in [6.45, 7) is 7.75. The molecule has 0 bridgehead atoms. The van der Waals surface area contributed by atoms with Crippen molar-refractivity contribution >= 4 is 17.6 Å². The van der Waals surface area contributed by atoms with Gasteiger partial charge in [-0.2, -0.15) is 0 Å². The lowest BCUT2D eigenvalue weighted by atomic mass is 9.80. The van der Waals surface area contributed by atoms with Gasteiger partial charge in [0.15, 0.2) is 0 Å². The van der Waals surface area contributed by atoms with Crippen molar-refractivity contribution in [1.82, 2.24) is 10.2 Å². The molecule has 2 heterocycles. The van der Waals surface area contributed by atoms with Gasteiger partial charge in [0.1, 0.15) is 12.2 Å². The highest BCUT2D eigenvalue weighted by atomic mass is 16.6. The fourth-order valence-corrected chi connectivity index (χ4v) is 6.77. The lowest BCUT2D eigenvalue weighted by Gasteiger charge is -2.33. The van der Waals surface area contributed by atoms with E-state index in [9.17, 15) is 19.7 Å². The quantitative estimate of drug-likeness (QED) is 0.0988. The molecule has 0 radical (unpaired) electrons. The number of nitro benzene ring substituents is 1. The smallest absolute Gasteiger partial charge is 0.337 e. The number of hydrogen-bond donors (Lipinski definition) is 1. The molecule has 1 fully saturated rings. The van der Waals surface area contributed by atoms with E-state index in [2.05, 4.69) is 58.7 Å². The summed E-state index contributed by atoms with van der Waals surface area (Å²) in [7, 11) is 1.50. The van der Waals surface area contributed by atoms with E-state index in [4.69, 9.17) is 14.2 Å². The number of allylic oxidation sites excluding steroid dienone is 2. The van der Waals surface area contributed by atoms with E-state index in [0.29, 0.717) is 29.9 Å². The number of benzene rings is 3. The maximum atomic E-state index is 14.2. The standard InChI is InChI=1S/C38H43N3O7/c1-26-33(36(42)47-23-22-46-4)35(30-16-11-17-31(24-30)41(44)45)34(27(2)39-26)37(43)48-38(3)19-21-40(25-38)20-18-32(28-12-7-5-8-13-28)29-14-9-6-10-15-29/h5-17,24,32,35,39H,18-23,25H2,1-4H3/t35?,38-/m1/s1. The molecule has 1 saturated heterocycles. The molecule has 0 aromatic heterocycles. The zero-order chi connectivity index (χ0) is 34.3. The number of nitrogens with one attached hydrogen (secondary N) is 1. The summed E-state index contributed by atoms with van der Waals surface area (Å²) in [4.78, 5) is 41.2. The molecule has 3 aromatic rings. The summed E-state index contributed by atoms with van der Waals surface area (Å²) in [5, 5.41) is 14.9. The van der Waals surface area contributed by atoms with Gasteiger partial charge in [0.05, 0.1) is 28.6 Å². The fourth-order valence-electron chi connectivity index (χ4n) is 6.77. The normalized spacial score (nSPS) is 19.7. The van der Waals surface area contributed by atoms with Crippen LogP contribution in [-0.2, 0) is 23.8 Å². The van der Waals surface area contributed by atoms with Crippen molar-refractivity contribution in [2.45, 2.75) is 51.0 Å². The number of rotatable bonds is 13. The van der Waals surface area contributed by atoms with Gasteiger partial charge in [-0.05, 0) is 50.4 Å². The van der Waals surface area contributed by atoms with Crippen LogP contribution in [0.15, 0.2) is 107 Å². The molecule has 0 saturated carbocycles. The molecule has 1 N–H and O–H groups in total. The second kappa shape index (κ2) is 15.4. The van der Waals surface area contributed by atoms with Gasteiger partial charge >= 0.3 is 11.9 Å². The molecule has 2 aliphatic rings. The van der Waals surface area contributed by atoms with E-state index >= 15 is 0 Å². The zero-order valence-corrected chi connectivity index (χ0v) is 27.9. The van der Waals surface area contributed by atoms with E-state index in [-0.39, 0.29) is 36.0 Å². The number of hydrogen-bond acceptors (Lipinski definition) is 9. The molecule has 3 aromatic carbocycles. The van der Waals surface area contributed by atoms with Crippen LogP contribution in [0.2, 0.25) is 0 Å². The van der Waals surface area contributed by atoms with Gasteiger partial charge in [0.2, 0.25) is 0 Å². The molecule has 48 heavy (non-hydrogen) atoms. The lowest BCUT2D eigenvalue weighted by molar-refractivity contribution is -0.384. The molecule has 0 aliphatic carbocycles. The van der Waals surface area contributed by atoms with Crippen molar-refractivity contribution in [2.75, 3.05) is 40.0 Å². The van der Waals surface area contributed by atoms with Crippen molar-refractivity contribution < 1.29 is 28.7 Å². The lowest BCUT2D eigenvalue weighted by Crippen LogP contribution is -2.39. The predicted molar refractivity (Wildman–Crippen MR) is 182 cm³/mol. The van der Waals surface area contributed by atoms with E-state index in [1.54, 1.807) is 26.0 Å². The molecule has 10 nitrogen and oxygen atoms in total. The number of esters is 2. The Morgan fingerprint density at radius 3 is 2.17 bits per heavy atom. The number of likely N-dealkylation sites (tertiary alicyclic amines) is 1. The maximum absolute atomic E-state index is 14.2. The second-order valence-electron chi connectivity index (χ2n) is 12.6. The van der Waals surface area contributed by atoms with Crippen molar-refractivity contribution in [3.8, 4) is 0 Å². The summed E-state index contributed by atoms with van der Waals surface area (Å²) < 4.78 is 16.8. The van der Waals surface area contributed by atoms with Gasteiger partial charge in [0, 0.05) is 56.1 Å². The first-order valence-corrected chi connectivity index (χ1v) is 16.2. The van der Waals surface area contributed by atoms with Crippen LogP contribution in [-0.4, -0.2) is 67.3 Å². The number of non-ortho nitro benzene ring substituents is 1. The van der Waals surface area contributed by atoms with Crippen molar-refractivity contribution in [3.05, 3.63) is 134 Å². The zero-order valence-electron chi connectivity index (χ0n) is 27.9. The number of ether oxygens (including phenoxy) is 3. The molecule has 10 heteroatoms. The predicted octanol–water partition coefficient (Wildman–Crippen LogP) is 6.25. The van der Waals surface area contributed by atoms with Crippen LogP contribution >= 0.6 is 0 Å². The molecular weight excluding hydrogens is 610 g/mol. The fraction of sp³-hybridized carbons (Fsp3) is 0.368. The van der Waals surface area contributed by atoms with Crippen LogP contribution in [0.3, 0.4) is 0 Å². The third-order valence-corrected chi connectivity index (χ3v) is 9.13. The first-order chi connectivity index (χ1) is 23.1. The highest BCUT2D eigenvalue weighted by Crippen LogP contribution is 2.41. The van der Waals surface area contributed by atoms with Gasteiger partial charge in [-0.3, -0.25) is 15.0 Å². The minimum atomic E-state index is -0.938. The number of nitrogens with zero attached hydrogens (tertiary/aromatic N) is 2. The van der Waals surface area contributed by atoms with Crippen molar-refractivity contribution in [2.24, 2.45) is 0 Å². The van der Waals surface area contributed by atoms with Crippen LogP contribution < -0.4 is 5.32 Å². The molecule has 1 unspecified atom stereocenters. The number of carbonyl (C=O) groups excluding carboxylic acids is 2. The Kier molecular flexibility index (Phi) is 11.1. The molecule has 2 aliphatic heterocycles. The molecule has 252 valence electrons. The Morgan fingerprint density at radius 1 is 0.938 bits per heavy atom. The Hall–Kier alpha value is -4.80. The summed E-state index contributed by atoms with van der Waals surface area (Å²) in [6.07, 6.45) is 1.54. The Bertz CT molecular complexity index is 1650. The third-order valence-electron chi connectivity index (χ3n) is 9.13. The van der Waals surface area contributed by atoms with Gasteiger partial charge in [-0.1, -0.05) is 72.8 Å². The maximum Gasteiger partial charge on any atom is 0.337 e. The van der Waals surface area contributed by atoms with Crippen LogP contribution in [0, 0.1) is 10.1 Å². The topological polar surface area (TPSA) is 120 Å². The minimum absolute atomic E-state index is 0.0134. The second-order valence-corrected chi connectivity index (χ2v) is 12.6. The largest absolute Gasteiger partial charge is 0.460 e. The number of carbonyl (C=O) groups is 2. The van der Waals surface area contributed by atoms with Crippen molar-refractivity contribution in [1.29, 1.82) is 0 Å². The highest BCUT2D eigenvalue weighted by Gasteiger charge is 2.43. The third kappa shape index (κ3) is 8.00. The summed E-state index contributed by atoms with van der Waals surface area (Å²) >= 11 is 0. The SMILES string of the molecule is COCCOC(=O)C1=C(C)NC(C)=C(C(=O)O[C@]2(C)CCN(CCC(c3ccccc3)c3ccccc3)C2)C1c1cccc([N+](=O)[O-])c1. The number of methoxy groups -OCH3 is 1. The minimum Gasteiger partial charge on any atom is -0.460 e. The molecule has 0 amide bonds. The van der Waals surface area contributed by atoms with E-state index in [0.717, 1.165) is 19.5 Å². The molecule has 0 spiro atoms. The van der Waals surface area contributed by atoms with Crippen molar-refractivity contribution in [3.63, 3.8) is 0 Å². The van der Waals surface area contributed by atoms with Gasteiger partial charge in [0.25, 0.3) is 5.69 Å². The van der Waals surface area contributed by atoms with Crippen LogP contribution in [0.5, 0.6) is 0 Å².